The normalized spacial score (nSPS) is 10.8. The average molecular weight is 254 g/mol. The minimum Gasteiger partial charge on any atom is -0.492 e. The molecule has 3 aromatic rings. The molecule has 0 saturated heterocycles. The highest BCUT2D eigenvalue weighted by molar-refractivity contribution is 5.77. The van der Waals surface area contributed by atoms with Crippen molar-refractivity contribution in [1.29, 1.82) is 0 Å². The summed E-state index contributed by atoms with van der Waals surface area (Å²) in [6, 6.07) is 5.73. The zero-order chi connectivity index (χ0) is 13.2. The molecule has 0 aliphatic carbocycles. The molecule has 3 heterocycles. The molecule has 0 radical (unpaired) electrons. The summed E-state index contributed by atoms with van der Waals surface area (Å²) in [5.74, 6) is 1.48. The lowest BCUT2D eigenvalue weighted by Crippen LogP contribution is -1.93. The van der Waals surface area contributed by atoms with Crippen LogP contribution in [-0.2, 0) is 0 Å². The third-order valence-corrected chi connectivity index (χ3v) is 2.89. The molecule has 0 amide bonds. The second-order valence-electron chi connectivity index (χ2n) is 4.22. The van der Waals surface area contributed by atoms with E-state index in [1.54, 1.807) is 12.4 Å². The number of hydrogen-bond acceptors (Lipinski definition) is 4. The molecule has 5 heteroatoms. The second-order valence-corrected chi connectivity index (χ2v) is 4.22. The Hall–Kier alpha value is -2.43. The number of aromatic amines is 1. The first-order valence-corrected chi connectivity index (χ1v) is 6.18. The average Bonchev–Trinajstić information content (AvgIpc) is 2.85. The first-order valence-electron chi connectivity index (χ1n) is 6.18. The van der Waals surface area contributed by atoms with Crippen molar-refractivity contribution in [2.45, 2.75) is 13.8 Å². The van der Waals surface area contributed by atoms with Gasteiger partial charge in [-0.2, -0.15) is 0 Å². The van der Waals surface area contributed by atoms with Crippen molar-refractivity contribution in [3.05, 3.63) is 36.2 Å². The van der Waals surface area contributed by atoms with Crippen molar-refractivity contribution in [3.63, 3.8) is 0 Å². The maximum absolute atomic E-state index is 5.37. The van der Waals surface area contributed by atoms with Crippen LogP contribution in [0.25, 0.3) is 22.7 Å². The summed E-state index contributed by atoms with van der Waals surface area (Å²) in [4.78, 5) is 16.3. The first-order chi connectivity index (χ1) is 9.28. The maximum Gasteiger partial charge on any atom is 0.178 e. The largest absolute Gasteiger partial charge is 0.492 e. The Bertz CT molecular complexity index is 703. The monoisotopic (exact) mass is 254 g/mol. The van der Waals surface area contributed by atoms with Crippen molar-refractivity contribution in [2.24, 2.45) is 0 Å². The Morgan fingerprint density at radius 1 is 1.21 bits per heavy atom. The van der Waals surface area contributed by atoms with Gasteiger partial charge in [-0.1, -0.05) is 0 Å². The Morgan fingerprint density at radius 2 is 2.11 bits per heavy atom. The molecule has 0 saturated carbocycles. The minimum atomic E-state index is 0.634. The molecule has 0 fully saturated rings. The van der Waals surface area contributed by atoms with Crippen LogP contribution < -0.4 is 4.74 Å². The lowest BCUT2D eigenvalue weighted by atomic mass is 10.3. The van der Waals surface area contributed by atoms with Gasteiger partial charge >= 0.3 is 0 Å². The van der Waals surface area contributed by atoms with E-state index in [1.807, 2.05) is 32.0 Å². The van der Waals surface area contributed by atoms with E-state index in [9.17, 15) is 0 Å². The van der Waals surface area contributed by atoms with Crippen molar-refractivity contribution in [3.8, 4) is 17.3 Å². The SMILES string of the molecule is CCOc1ccc(-c2nc3nccc(C)c3[nH]2)nc1. The van der Waals surface area contributed by atoms with Gasteiger partial charge in [0.1, 0.15) is 11.4 Å². The standard InChI is InChI=1S/C14H14N4O/c1-3-19-10-4-5-11(16-8-10)13-17-12-9(2)6-7-15-14(12)18-13/h4-8H,3H2,1-2H3,(H,15,17,18). The van der Waals surface area contributed by atoms with Gasteiger partial charge in [-0.25, -0.2) is 15.0 Å². The number of pyridine rings is 2. The Labute approximate surface area is 110 Å². The number of H-pyrrole nitrogens is 1. The summed E-state index contributed by atoms with van der Waals surface area (Å²) < 4.78 is 5.37. The number of aryl methyl sites for hydroxylation is 1. The molecule has 1 N–H and O–H groups in total. The molecule has 3 rings (SSSR count). The van der Waals surface area contributed by atoms with Crippen molar-refractivity contribution in [2.75, 3.05) is 6.61 Å². The fourth-order valence-corrected chi connectivity index (χ4v) is 1.93. The number of fused-ring (bicyclic) bond motifs is 1. The predicted molar refractivity (Wildman–Crippen MR) is 73.0 cm³/mol. The fourth-order valence-electron chi connectivity index (χ4n) is 1.93. The zero-order valence-electron chi connectivity index (χ0n) is 10.8. The third-order valence-electron chi connectivity index (χ3n) is 2.89. The molecule has 0 unspecified atom stereocenters. The number of hydrogen-bond donors (Lipinski definition) is 1. The van der Waals surface area contributed by atoms with Crippen LogP contribution >= 0.6 is 0 Å². The van der Waals surface area contributed by atoms with Crippen LogP contribution in [0.4, 0.5) is 0 Å². The number of nitrogens with zero attached hydrogens (tertiary/aromatic N) is 3. The number of nitrogens with one attached hydrogen (secondary N) is 1. The zero-order valence-corrected chi connectivity index (χ0v) is 10.8. The summed E-state index contributed by atoms with van der Waals surface area (Å²) >= 11 is 0. The van der Waals surface area contributed by atoms with Gasteiger partial charge in [0.2, 0.25) is 0 Å². The third kappa shape index (κ3) is 2.14. The Kier molecular flexibility index (Phi) is 2.87. The number of imidazole rings is 1. The topological polar surface area (TPSA) is 63.7 Å². The minimum absolute atomic E-state index is 0.634. The fraction of sp³-hybridized carbons (Fsp3) is 0.214. The van der Waals surface area contributed by atoms with Crippen molar-refractivity contribution in [1.82, 2.24) is 19.9 Å². The molecular weight excluding hydrogens is 240 g/mol. The van der Waals surface area contributed by atoms with Crippen LogP contribution in [0.15, 0.2) is 30.6 Å². The van der Waals surface area contributed by atoms with E-state index in [0.29, 0.717) is 12.3 Å². The second kappa shape index (κ2) is 4.68. The molecular formula is C14H14N4O. The molecule has 0 aliphatic heterocycles. The molecule has 5 nitrogen and oxygen atoms in total. The van der Waals surface area contributed by atoms with E-state index in [0.717, 1.165) is 28.3 Å². The number of ether oxygens (including phenoxy) is 1. The van der Waals surface area contributed by atoms with Crippen LogP contribution in [0.1, 0.15) is 12.5 Å². The maximum atomic E-state index is 5.37. The van der Waals surface area contributed by atoms with E-state index in [2.05, 4.69) is 19.9 Å². The molecule has 0 aromatic carbocycles. The van der Waals surface area contributed by atoms with Gasteiger partial charge in [-0.3, -0.25) is 0 Å². The van der Waals surface area contributed by atoms with Gasteiger partial charge < -0.3 is 9.72 Å². The van der Waals surface area contributed by atoms with E-state index in [1.165, 1.54) is 0 Å². The van der Waals surface area contributed by atoms with E-state index >= 15 is 0 Å². The van der Waals surface area contributed by atoms with Crippen LogP contribution in [0.5, 0.6) is 5.75 Å². The van der Waals surface area contributed by atoms with Crippen LogP contribution in [0, 0.1) is 6.92 Å². The van der Waals surface area contributed by atoms with E-state index < -0.39 is 0 Å². The molecule has 19 heavy (non-hydrogen) atoms. The smallest absolute Gasteiger partial charge is 0.178 e. The summed E-state index contributed by atoms with van der Waals surface area (Å²) in [5, 5.41) is 0. The molecule has 0 spiro atoms. The predicted octanol–water partition coefficient (Wildman–Crippen LogP) is 2.73. The highest BCUT2D eigenvalue weighted by Crippen LogP contribution is 2.21. The van der Waals surface area contributed by atoms with Gasteiger partial charge in [0.15, 0.2) is 11.5 Å². The van der Waals surface area contributed by atoms with Gasteiger partial charge in [-0.05, 0) is 37.6 Å². The Morgan fingerprint density at radius 3 is 2.79 bits per heavy atom. The number of rotatable bonds is 3. The lowest BCUT2D eigenvalue weighted by Gasteiger charge is -2.02. The van der Waals surface area contributed by atoms with Crippen LogP contribution in [0.2, 0.25) is 0 Å². The van der Waals surface area contributed by atoms with Gasteiger partial charge in [0.25, 0.3) is 0 Å². The first kappa shape index (κ1) is 11.6. The Balaban J connectivity index is 2.01. The highest BCUT2D eigenvalue weighted by Gasteiger charge is 2.08. The summed E-state index contributed by atoms with van der Waals surface area (Å²) in [6.07, 6.45) is 3.46. The van der Waals surface area contributed by atoms with E-state index in [-0.39, 0.29) is 0 Å². The summed E-state index contributed by atoms with van der Waals surface area (Å²) in [6.45, 7) is 4.61. The molecule has 0 atom stereocenters. The van der Waals surface area contributed by atoms with Crippen molar-refractivity contribution >= 4 is 11.2 Å². The lowest BCUT2D eigenvalue weighted by molar-refractivity contribution is 0.339. The summed E-state index contributed by atoms with van der Waals surface area (Å²) in [5.41, 5.74) is 3.56. The van der Waals surface area contributed by atoms with Gasteiger partial charge in [0, 0.05) is 6.20 Å². The van der Waals surface area contributed by atoms with E-state index in [4.69, 9.17) is 4.74 Å². The summed E-state index contributed by atoms with van der Waals surface area (Å²) in [7, 11) is 0. The van der Waals surface area contributed by atoms with Gasteiger partial charge in [-0.15, -0.1) is 0 Å². The van der Waals surface area contributed by atoms with Crippen LogP contribution in [0.3, 0.4) is 0 Å². The van der Waals surface area contributed by atoms with Crippen LogP contribution in [-0.4, -0.2) is 26.5 Å². The van der Waals surface area contributed by atoms with Gasteiger partial charge in [0.05, 0.1) is 18.3 Å². The molecule has 3 aromatic heterocycles. The number of aromatic nitrogens is 4. The quantitative estimate of drug-likeness (QED) is 0.780. The molecule has 0 aliphatic rings. The highest BCUT2D eigenvalue weighted by atomic mass is 16.5. The van der Waals surface area contributed by atoms with Crippen molar-refractivity contribution < 1.29 is 4.74 Å². The molecule has 96 valence electrons. The molecule has 0 bridgehead atoms.